The number of nitrogens with two attached hydrogens (primary N) is 1. The first-order chi connectivity index (χ1) is 8.85. The molecule has 0 aromatic rings. The van der Waals surface area contributed by atoms with Gasteiger partial charge in [-0.1, -0.05) is 0 Å². The Morgan fingerprint density at radius 2 is 1.74 bits per heavy atom. The molecule has 7 nitrogen and oxygen atoms in total. The van der Waals surface area contributed by atoms with Crippen molar-refractivity contribution < 1.29 is 23.8 Å². The van der Waals surface area contributed by atoms with Gasteiger partial charge in [0.1, 0.15) is 12.2 Å². The SMILES string of the molecule is CC(C)(C)OC(=O)COCCOCCNC(=O)CN. The van der Waals surface area contributed by atoms with Crippen LogP contribution in [0.15, 0.2) is 0 Å². The van der Waals surface area contributed by atoms with Gasteiger partial charge in [0.2, 0.25) is 5.91 Å². The molecule has 7 heteroatoms. The van der Waals surface area contributed by atoms with E-state index < -0.39 is 11.6 Å². The van der Waals surface area contributed by atoms with Gasteiger partial charge in [0, 0.05) is 6.54 Å². The van der Waals surface area contributed by atoms with Crippen LogP contribution in [0.3, 0.4) is 0 Å². The van der Waals surface area contributed by atoms with Gasteiger partial charge in [0.25, 0.3) is 0 Å². The molecule has 0 radical (unpaired) electrons. The number of carbonyl (C=O) groups is 2. The quantitative estimate of drug-likeness (QED) is 0.432. The van der Waals surface area contributed by atoms with Crippen molar-refractivity contribution in [3.05, 3.63) is 0 Å². The van der Waals surface area contributed by atoms with Crippen molar-refractivity contribution in [1.29, 1.82) is 0 Å². The summed E-state index contributed by atoms with van der Waals surface area (Å²) in [4.78, 5) is 22.0. The average Bonchev–Trinajstić information content (AvgIpc) is 2.29. The van der Waals surface area contributed by atoms with Crippen LogP contribution in [0.2, 0.25) is 0 Å². The van der Waals surface area contributed by atoms with Crippen LogP contribution in [-0.2, 0) is 23.8 Å². The van der Waals surface area contributed by atoms with Gasteiger partial charge < -0.3 is 25.3 Å². The molecule has 0 unspecified atom stereocenters. The van der Waals surface area contributed by atoms with Crippen molar-refractivity contribution >= 4 is 11.9 Å². The molecule has 0 heterocycles. The fourth-order valence-corrected chi connectivity index (χ4v) is 1.08. The van der Waals surface area contributed by atoms with E-state index in [4.69, 9.17) is 19.9 Å². The van der Waals surface area contributed by atoms with Gasteiger partial charge >= 0.3 is 5.97 Å². The van der Waals surface area contributed by atoms with Crippen molar-refractivity contribution in [2.24, 2.45) is 5.73 Å². The lowest BCUT2D eigenvalue weighted by atomic mass is 10.2. The molecule has 0 atom stereocenters. The van der Waals surface area contributed by atoms with Gasteiger partial charge in [-0.05, 0) is 20.8 Å². The summed E-state index contributed by atoms with van der Waals surface area (Å²) in [7, 11) is 0. The molecule has 0 spiro atoms. The minimum absolute atomic E-state index is 0.0288. The molecule has 0 saturated heterocycles. The number of amides is 1. The van der Waals surface area contributed by atoms with Crippen molar-refractivity contribution in [2.75, 3.05) is 39.5 Å². The Balaban J connectivity index is 3.32. The smallest absolute Gasteiger partial charge is 0.332 e. The number of carbonyl (C=O) groups excluding carboxylic acids is 2. The van der Waals surface area contributed by atoms with Gasteiger partial charge in [-0.2, -0.15) is 0 Å². The van der Waals surface area contributed by atoms with Gasteiger partial charge in [-0.25, -0.2) is 4.79 Å². The van der Waals surface area contributed by atoms with Crippen LogP contribution in [0.25, 0.3) is 0 Å². The zero-order chi connectivity index (χ0) is 14.7. The second kappa shape index (κ2) is 9.71. The van der Waals surface area contributed by atoms with Crippen molar-refractivity contribution in [3.63, 3.8) is 0 Å². The van der Waals surface area contributed by atoms with Gasteiger partial charge in [-0.15, -0.1) is 0 Å². The highest BCUT2D eigenvalue weighted by molar-refractivity contribution is 5.77. The number of esters is 1. The van der Waals surface area contributed by atoms with Crippen molar-refractivity contribution in [1.82, 2.24) is 5.32 Å². The molecule has 19 heavy (non-hydrogen) atoms. The van der Waals surface area contributed by atoms with Crippen LogP contribution in [0.1, 0.15) is 20.8 Å². The van der Waals surface area contributed by atoms with E-state index in [9.17, 15) is 9.59 Å². The predicted molar refractivity (Wildman–Crippen MR) is 69.5 cm³/mol. The van der Waals surface area contributed by atoms with Crippen LogP contribution in [0, 0.1) is 0 Å². The molecule has 3 N–H and O–H groups in total. The summed E-state index contributed by atoms with van der Waals surface area (Å²) in [6.45, 7) is 6.69. The predicted octanol–water partition coefficient (Wildman–Crippen LogP) is -0.564. The summed E-state index contributed by atoms with van der Waals surface area (Å²) in [5.74, 6) is -0.618. The summed E-state index contributed by atoms with van der Waals surface area (Å²) >= 11 is 0. The molecule has 0 rings (SSSR count). The van der Waals surface area contributed by atoms with E-state index in [0.29, 0.717) is 26.4 Å². The van der Waals surface area contributed by atoms with Crippen molar-refractivity contribution in [2.45, 2.75) is 26.4 Å². The van der Waals surface area contributed by atoms with Crippen LogP contribution in [-0.4, -0.2) is 57.0 Å². The largest absolute Gasteiger partial charge is 0.458 e. The number of hydrogen-bond donors (Lipinski definition) is 2. The Kier molecular flexibility index (Phi) is 9.11. The molecule has 0 bridgehead atoms. The standard InChI is InChI=1S/C12H24N2O5/c1-12(2,3)19-11(16)9-18-7-6-17-5-4-14-10(15)8-13/h4-9,13H2,1-3H3,(H,14,15). The van der Waals surface area contributed by atoms with E-state index in [-0.39, 0.29) is 19.1 Å². The maximum absolute atomic E-state index is 11.3. The van der Waals surface area contributed by atoms with E-state index in [1.54, 1.807) is 20.8 Å². The monoisotopic (exact) mass is 276 g/mol. The molecule has 0 aromatic heterocycles. The van der Waals surface area contributed by atoms with E-state index >= 15 is 0 Å². The Morgan fingerprint density at radius 1 is 1.11 bits per heavy atom. The fourth-order valence-electron chi connectivity index (χ4n) is 1.08. The van der Waals surface area contributed by atoms with Crippen LogP contribution >= 0.6 is 0 Å². The molecule has 0 saturated carbocycles. The highest BCUT2D eigenvalue weighted by atomic mass is 16.6. The third kappa shape index (κ3) is 13.1. The van der Waals surface area contributed by atoms with Gasteiger partial charge in [0.05, 0.1) is 26.4 Å². The maximum atomic E-state index is 11.3. The molecular formula is C12H24N2O5. The van der Waals surface area contributed by atoms with Gasteiger partial charge in [0.15, 0.2) is 0 Å². The first-order valence-electron chi connectivity index (χ1n) is 6.19. The third-order valence-electron chi connectivity index (χ3n) is 1.77. The molecular weight excluding hydrogens is 252 g/mol. The molecule has 1 amide bonds. The number of ether oxygens (including phenoxy) is 3. The summed E-state index contributed by atoms with van der Waals surface area (Å²) in [6, 6.07) is 0. The number of nitrogens with one attached hydrogen (secondary N) is 1. The maximum Gasteiger partial charge on any atom is 0.332 e. The first kappa shape index (κ1) is 17.8. The van der Waals surface area contributed by atoms with E-state index in [0.717, 1.165) is 0 Å². The summed E-state index contributed by atoms with van der Waals surface area (Å²) in [5.41, 5.74) is 4.61. The Bertz CT molecular complexity index is 276. The number of hydrogen-bond acceptors (Lipinski definition) is 6. The van der Waals surface area contributed by atoms with Crippen LogP contribution < -0.4 is 11.1 Å². The average molecular weight is 276 g/mol. The highest BCUT2D eigenvalue weighted by Gasteiger charge is 2.15. The molecule has 0 aliphatic carbocycles. The Labute approximate surface area is 113 Å². The molecule has 0 fully saturated rings. The topological polar surface area (TPSA) is 99.9 Å². The lowest BCUT2D eigenvalue weighted by molar-refractivity contribution is -0.160. The van der Waals surface area contributed by atoms with Crippen LogP contribution in [0.5, 0.6) is 0 Å². The second-order valence-corrected chi connectivity index (χ2v) is 4.81. The summed E-state index contributed by atoms with van der Waals surface area (Å²) in [5, 5.41) is 2.56. The Morgan fingerprint density at radius 3 is 2.32 bits per heavy atom. The molecule has 112 valence electrons. The molecule has 0 aromatic carbocycles. The molecule has 0 aliphatic heterocycles. The fraction of sp³-hybridized carbons (Fsp3) is 0.833. The Hall–Kier alpha value is -1.18. The minimum atomic E-state index is -0.502. The number of rotatable bonds is 9. The zero-order valence-corrected chi connectivity index (χ0v) is 11.9. The van der Waals surface area contributed by atoms with Crippen LogP contribution in [0.4, 0.5) is 0 Å². The normalized spacial score (nSPS) is 11.2. The minimum Gasteiger partial charge on any atom is -0.458 e. The lowest BCUT2D eigenvalue weighted by Crippen LogP contribution is -2.33. The summed E-state index contributed by atoms with van der Waals surface area (Å²) < 4.78 is 15.3. The second-order valence-electron chi connectivity index (χ2n) is 4.81. The van der Waals surface area contributed by atoms with Crippen molar-refractivity contribution in [3.8, 4) is 0 Å². The first-order valence-corrected chi connectivity index (χ1v) is 6.19. The zero-order valence-electron chi connectivity index (χ0n) is 11.9. The van der Waals surface area contributed by atoms with E-state index in [1.807, 2.05) is 0 Å². The van der Waals surface area contributed by atoms with Gasteiger partial charge in [-0.3, -0.25) is 4.79 Å². The third-order valence-corrected chi connectivity index (χ3v) is 1.77. The molecule has 0 aliphatic rings. The lowest BCUT2D eigenvalue weighted by Gasteiger charge is -2.19. The van der Waals surface area contributed by atoms with E-state index in [1.165, 1.54) is 0 Å². The highest BCUT2D eigenvalue weighted by Crippen LogP contribution is 2.06. The van der Waals surface area contributed by atoms with E-state index in [2.05, 4.69) is 5.32 Å². The summed E-state index contributed by atoms with van der Waals surface area (Å²) in [6.07, 6.45) is 0.